The van der Waals surface area contributed by atoms with Gasteiger partial charge < -0.3 is 10.1 Å². The van der Waals surface area contributed by atoms with E-state index in [0.717, 1.165) is 30.3 Å². The molecule has 0 atom stereocenters. The Morgan fingerprint density at radius 1 is 1.47 bits per heavy atom. The van der Waals surface area contributed by atoms with Crippen LogP contribution >= 0.6 is 11.3 Å². The van der Waals surface area contributed by atoms with E-state index in [1.165, 1.54) is 4.88 Å². The fourth-order valence-electron chi connectivity index (χ4n) is 1.76. The van der Waals surface area contributed by atoms with Crippen LogP contribution in [0, 0.1) is 13.8 Å². The molecule has 4 heteroatoms. The van der Waals surface area contributed by atoms with Gasteiger partial charge in [0, 0.05) is 17.5 Å². The van der Waals surface area contributed by atoms with Gasteiger partial charge in [-0.3, -0.25) is 0 Å². The fraction of sp³-hybridized carbons (Fsp3) is 0.727. The van der Waals surface area contributed by atoms with Crippen LogP contribution in [-0.4, -0.2) is 23.7 Å². The van der Waals surface area contributed by atoms with Crippen molar-refractivity contribution in [1.82, 2.24) is 4.98 Å². The molecule has 2 rings (SSSR count). The predicted molar refractivity (Wildman–Crippen MR) is 63.6 cm³/mol. The number of ether oxygens (including phenoxy) is 1. The minimum Gasteiger partial charge on any atom is -0.378 e. The van der Waals surface area contributed by atoms with E-state index < -0.39 is 0 Å². The molecule has 0 radical (unpaired) electrons. The van der Waals surface area contributed by atoms with Crippen molar-refractivity contribution < 1.29 is 4.74 Å². The number of thiazole rings is 1. The first-order valence-corrected chi connectivity index (χ1v) is 6.33. The van der Waals surface area contributed by atoms with Gasteiger partial charge in [-0.1, -0.05) is 0 Å². The van der Waals surface area contributed by atoms with Gasteiger partial charge in [0.25, 0.3) is 0 Å². The Balaban J connectivity index is 1.80. The van der Waals surface area contributed by atoms with Crippen molar-refractivity contribution in [1.29, 1.82) is 0 Å². The molecule has 0 saturated heterocycles. The molecule has 0 aliphatic heterocycles. The van der Waals surface area contributed by atoms with Crippen LogP contribution in [0.15, 0.2) is 0 Å². The van der Waals surface area contributed by atoms with Crippen LogP contribution in [-0.2, 0) is 4.74 Å². The third-order valence-electron chi connectivity index (χ3n) is 2.85. The van der Waals surface area contributed by atoms with Gasteiger partial charge in [0.15, 0.2) is 5.13 Å². The van der Waals surface area contributed by atoms with E-state index in [1.807, 2.05) is 6.92 Å². The minimum atomic E-state index is 0.467. The van der Waals surface area contributed by atoms with Gasteiger partial charge in [0.1, 0.15) is 0 Å². The highest BCUT2D eigenvalue weighted by Crippen LogP contribution is 2.29. The zero-order chi connectivity index (χ0) is 10.8. The Kier molecular flexibility index (Phi) is 3.26. The molecule has 0 amide bonds. The predicted octanol–water partition coefficient (Wildman–Crippen LogP) is 2.74. The van der Waals surface area contributed by atoms with Gasteiger partial charge in [-0.05, 0) is 33.6 Å². The maximum Gasteiger partial charge on any atom is 0.183 e. The molecular formula is C11H18N2OS. The highest BCUT2D eigenvalue weighted by molar-refractivity contribution is 7.15. The summed E-state index contributed by atoms with van der Waals surface area (Å²) in [4.78, 5) is 5.77. The minimum absolute atomic E-state index is 0.467. The maximum atomic E-state index is 5.52. The third-order valence-corrected chi connectivity index (χ3v) is 3.86. The lowest BCUT2D eigenvalue weighted by Gasteiger charge is -2.35. The van der Waals surface area contributed by atoms with E-state index in [-0.39, 0.29) is 0 Å². The molecule has 3 nitrogen and oxygen atoms in total. The van der Waals surface area contributed by atoms with Gasteiger partial charge in [0.05, 0.1) is 11.8 Å². The van der Waals surface area contributed by atoms with Crippen molar-refractivity contribution in [3.8, 4) is 0 Å². The number of nitrogens with zero attached hydrogens (tertiary/aromatic N) is 1. The molecule has 1 aromatic rings. The van der Waals surface area contributed by atoms with Crippen LogP contribution in [0.2, 0.25) is 0 Å². The summed E-state index contributed by atoms with van der Waals surface area (Å²) in [6, 6.07) is 0.562. The van der Waals surface area contributed by atoms with E-state index in [4.69, 9.17) is 4.74 Å². The largest absolute Gasteiger partial charge is 0.378 e. The quantitative estimate of drug-likeness (QED) is 0.857. The monoisotopic (exact) mass is 226 g/mol. The first-order valence-electron chi connectivity index (χ1n) is 5.51. The number of hydrogen-bond donors (Lipinski definition) is 1. The van der Waals surface area contributed by atoms with Crippen molar-refractivity contribution >= 4 is 16.5 Å². The van der Waals surface area contributed by atoms with E-state index in [2.05, 4.69) is 24.1 Å². The molecule has 1 aromatic heterocycles. The molecule has 0 aromatic carbocycles. The SMILES string of the molecule is CCOC1CC(Nc2nc(C)c(C)s2)C1. The number of nitrogens with one attached hydrogen (secondary N) is 1. The Morgan fingerprint density at radius 3 is 2.73 bits per heavy atom. The molecule has 15 heavy (non-hydrogen) atoms. The molecule has 0 spiro atoms. The number of aryl methyl sites for hydroxylation is 2. The zero-order valence-corrected chi connectivity index (χ0v) is 10.4. The molecule has 1 fully saturated rings. The van der Waals surface area contributed by atoms with E-state index in [9.17, 15) is 0 Å². The molecule has 1 aliphatic rings. The average molecular weight is 226 g/mol. The average Bonchev–Trinajstić information content (AvgIpc) is 2.43. The normalized spacial score (nSPS) is 25.0. The molecule has 1 saturated carbocycles. The van der Waals surface area contributed by atoms with Gasteiger partial charge in [0.2, 0.25) is 0 Å². The fourth-order valence-corrected chi connectivity index (χ4v) is 2.66. The van der Waals surface area contributed by atoms with Crippen LogP contribution < -0.4 is 5.32 Å². The Bertz CT molecular complexity index is 312. The lowest BCUT2D eigenvalue weighted by Crippen LogP contribution is -2.40. The first kappa shape index (κ1) is 10.9. The summed E-state index contributed by atoms with van der Waals surface area (Å²) in [6.07, 6.45) is 2.70. The Labute approximate surface area is 94.9 Å². The number of rotatable bonds is 4. The summed E-state index contributed by atoms with van der Waals surface area (Å²) in [5.41, 5.74) is 1.14. The van der Waals surface area contributed by atoms with Crippen molar-refractivity contribution in [2.24, 2.45) is 0 Å². The van der Waals surface area contributed by atoms with Crippen molar-refractivity contribution in [3.05, 3.63) is 10.6 Å². The molecular weight excluding hydrogens is 208 g/mol. The van der Waals surface area contributed by atoms with Crippen molar-refractivity contribution in [2.75, 3.05) is 11.9 Å². The van der Waals surface area contributed by atoms with E-state index >= 15 is 0 Å². The Morgan fingerprint density at radius 2 is 2.20 bits per heavy atom. The van der Waals surface area contributed by atoms with Gasteiger partial charge >= 0.3 is 0 Å². The van der Waals surface area contributed by atoms with Gasteiger partial charge in [-0.15, -0.1) is 11.3 Å². The molecule has 1 N–H and O–H groups in total. The van der Waals surface area contributed by atoms with Crippen LogP contribution in [0.4, 0.5) is 5.13 Å². The highest BCUT2D eigenvalue weighted by Gasteiger charge is 2.29. The first-order chi connectivity index (χ1) is 7.19. The second kappa shape index (κ2) is 4.49. The maximum absolute atomic E-state index is 5.52. The summed E-state index contributed by atoms with van der Waals surface area (Å²) >= 11 is 1.74. The van der Waals surface area contributed by atoms with Crippen molar-refractivity contribution in [3.63, 3.8) is 0 Å². The molecule has 1 heterocycles. The van der Waals surface area contributed by atoms with E-state index in [0.29, 0.717) is 12.1 Å². The zero-order valence-electron chi connectivity index (χ0n) is 9.54. The molecule has 1 aliphatic carbocycles. The number of anilines is 1. The van der Waals surface area contributed by atoms with Crippen LogP contribution in [0.25, 0.3) is 0 Å². The molecule has 0 unspecified atom stereocenters. The topological polar surface area (TPSA) is 34.1 Å². The smallest absolute Gasteiger partial charge is 0.183 e. The molecule has 0 bridgehead atoms. The standard InChI is InChI=1S/C11H18N2OS/c1-4-14-10-5-9(6-10)13-11-12-7(2)8(3)15-11/h9-10H,4-6H2,1-3H3,(H,12,13). The second-order valence-corrected chi connectivity index (χ2v) is 5.25. The van der Waals surface area contributed by atoms with Gasteiger partial charge in [-0.25, -0.2) is 4.98 Å². The van der Waals surface area contributed by atoms with E-state index in [1.54, 1.807) is 11.3 Å². The lowest BCUT2D eigenvalue weighted by molar-refractivity contribution is 0.00299. The third kappa shape index (κ3) is 2.49. The summed E-state index contributed by atoms with van der Waals surface area (Å²) in [6.45, 7) is 7.05. The van der Waals surface area contributed by atoms with Crippen LogP contribution in [0.1, 0.15) is 30.3 Å². The van der Waals surface area contributed by atoms with Crippen LogP contribution in [0.5, 0.6) is 0 Å². The molecule has 84 valence electrons. The second-order valence-electron chi connectivity index (χ2n) is 4.05. The van der Waals surface area contributed by atoms with Crippen LogP contribution in [0.3, 0.4) is 0 Å². The number of aromatic nitrogens is 1. The van der Waals surface area contributed by atoms with Gasteiger partial charge in [-0.2, -0.15) is 0 Å². The number of hydrogen-bond acceptors (Lipinski definition) is 4. The summed E-state index contributed by atoms with van der Waals surface area (Å²) < 4.78 is 5.52. The summed E-state index contributed by atoms with van der Waals surface area (Å²) in [5.74, 6) is 0. The Hall–Kier alpha value is -0.610. The summed E-state index contributed by atoms with van der Waals surface area (Å²) in [7, 11) is 0. The highest BCUT2D eigenvalue weighted by atomic mass is 32.1. The lowest BCUT2D eigenvalue weighted by atomic mass is 9.89. The van der Waals surface area contributed by atoms with Crippen molar-refractivity contribution in [2.45, 2.75) is 45.8 Å². The summed E-state index contributed by atoms with van der Waals surface area (Å²) in [5, 5.41) is 4.52.